The summed E-state index contributed by atoms with van der Waals surface area (Å²) < 4.78 is 18.2. The van der Waals surface area contributed by atoms with Gasteiger partial charge in [0.2, 0.25) is 0 Å². The third-order valence-electron chi connectivity index (χ3n) is 3.07. The van der Waals surface area contributed by atoms with Gasteiger partial charge in [0, 0.05) is 6.21 Å². The molecule has 1 aromatic heterocycles. The van der Waals surface area contributed by atoms with E-state index in [9.17, 15) is 14.3 Å². The molecule has 1 heterocycles. The number of fused-ring (bicyclic) bond motifs is 1. The number of aliphatic imine (C=N–C) groups is 1. The molecule has 0 aliphatic rings. The van der Waals surface area contributed by atoms with Crippen LogP contribution in [0, 0.1) is 5.82 Å². The van der Waals surface area contributed by atoms with Gasteiger partial charge >= 0.3 is 5.63 Å². The lowest BCUT2D eigenvalue weighted by molar-refractivity contribution is 0.466. The van der Waals surface area contributed by atoms with Crippen molar-refractivity contribution in [2.75, 3.05) is 0 Å². The summed E-state index contributed by atoms with van der Waals surface area (Å²) >= 11 is 5.66. The third kappa shape index (κ3) is 2.58. The van der Waals surface area contributed by atoms with E-state index in [2.05, 4.69) is 4.99 Å². The maximum Gasteiger partial charge on any atom is 0.348 e. The van der Waals surface area contributed by atoms with E-state index >= 15 is 0 Å². The van der Waals surface area contributed by atoms with Crippen molar-refractivity contribution in [1.82, 2.24) is 0 Å². The molecule has 1 N–H and O–H groups in total. The van der Waals surface area contributed by atoms with Gasteiger partial charge in [-0.3, -0.25) is 4.99 Å². The van der Waals surface area contributed by atoms with E-state index in [1.165, 1.54) is 12.1 Å². The third-order valence-corrected chi connectivity index (χ3v) is 3.36. The van der Waals surface area contributed by atoms with Crippen molar-refractivity contribution in [3.63, 3.8) is 0 Å². The fourth-order valence-corrected chi connectivity index (χ4v) is 2.14. The van der Waals surface area contributed by atoms with Crippen molar-refractivity contribution < 1.29 is 13.9 Å². The zero-order valence-electron chi connectivity index (χ0n) is 11.1. The minimum Gasteiger partial charge on any atom is -0.506 e. The van der Waals surface area contributed by atoms with Gasteiger partial charge in [-0.1, -0.05) is 23.7 Å². The van der Waals surface area contributed by atoms with Crippen molar-refractivity contribution in [2.45, 2.75) is 0 Å². The first-order valence-corrected chi connectivity index (χ1v) is 6.68. The molecular weight excluding hydrogens is 309 g/mol. The molecule has 0 atom stereocenters. The second kappa shape index (κ2) is 5.61. The average molecular weight is 318 g/mol. The highest BCUT2D eigenvalue weighted by molar-refractivity contribution is 6.31. The largest absolute Gasteiger partial charge is 0.506 e. The van der Waals surface area contributed by atoms with Gasteiger partial charge < -0.3 is 9.52 Å². The summed E-state index contributed by atoms with van der Waals surface area (Å²) in [6.45, 7) is 0. The summed E-state index contributed by atoms with van der Waals surface area (Å²) in [5, 5.41) is 10.5. The van der Waals surface area contributed by atoms with Crippen LogP contribution in [0.1, 0.15) is 5.56 Å². The van der Waals surface area contributed by atoms with Gasteiger partial charge in [0.25, 0.3) is 0 Å². The van der Waals surface area contributed by atoms with Crippen LogP contribution >= 0.6 is 11.6 Å². The van der Waals surface area contributed by atoms with E-state index in [1.54, 1.807) is 24.3 Å². The molecule has 110 valence electrons. The van der Waals surface area contributed by atoms with Crippen LogP contribution in [0.25, 0.3) is 11.0 Å². The van der Waals surface area contributed by atoms with Gasteiger partial charge in [-0.05, 0) is 30.3 Å². The van der Waals surface area contributed by atoms with Crippen LogP contribution in [0.5, 0.6) is 5.75 Å². The van der Waals surface area contributed by atoms with Crippen LogP contribution in [-0.2, 0) is 0 Å². The van der Waals surface area contributed by atoms with Gasteiger partial charge in [0.15, 0.2) is 0 Å². The van der Waals surface area contributed by atoms with Crippen LogP contribution in [0.4, 0.5) is 10.1 Å². The van der Waals surface area contributed by atoms with Gasteiger partial charge in [0.05, 0.1) is 16.1 Å². The molecule has 0 bridgehead atoms. The molecule has 0 amide bonds. The Morgan fingerprint density at radius 3 is 2.77 bits per heavy atom. The molecule has 6 heteroatoms. The number of nitrogens with zero attached hydrogens (tertiary/aromatic N) is 1. The van der Waals surface area contributed by atoms with Gasteiger partial charge in [-0.15, -0.1) is 0 Å². The molecule has 22 heavy (non-hydrogen) atoms. The molecule has 0 aliphatic heterocycles. The standard InChI is InChI=1S/C16H9ClFNO3/c17-12-7-9(5-6-13(12)18)19-8-11-15(20)10-3-1-2-4-14(10)22-16(11)21/h1-8,20H. The number of hydrogen-bond donors (Lipinski definition) is 1. The number of para-hydroxylation sites is 1. The molecule has 0 unspecified atom stereocenters. The van der Waals surface area contributed by atoms with Crippen molar-refractivity contribution in [3.8, 4) is 5.75 Å². The molecule has 0 saturated carbocycles. The van der Waals surface area contributed by atoms with Crippen molar-refractivity contribution in [2.24, 2.45) is 4.99 Å². The molecule has 3 rings (SSSR count). The van der Waals surface area contributed by atoms with Gasteiger partial charge in [0.1, 0.15) is 22.7 Å². The lowest BCUT2D eigenvalue weighted by Crippen LogP contribution is -2.06. The quantitative estimate of drug-likeness (QED) is 0.573. The van der Waals surface area contributed by atoms with Crippen molar-refractivity contribution in [3.05, 3.63) is 69.3 Å². The summed E-state index contributed by atoms with van der Waals surface area (Å²) in [4.78, 5) is 15.9. The van der Waals surface area contributed by atoms with E-state index in [4.69, 9.17) is 16.0 Å². The van der Waals surface area contributed by atoms with Crippen molar-refractivity contribution in [1.29, 1.82) is 0 Å². The van der Waals surface area contributed by atoms with Crippen LogP contribution in [0.2, 0.25) is 5.02 Å². The fraction of sp³-hybridized carbons (Fsp3) is 0. The monoisotopic (exact) mass is 317 g/mol. The Labute approximate surface area is 129 Å². The van der Waals surface area contributed by atoms with Crippen LogP contribution < -0.4 is 5.63 Å². The van der Waals surface area contributed by atoms with Gasteiger partial charge in [-0.25, -0.2) is 9.18 Å². The Morgan fingerprint density at radius 1 is 1.23 bits per heavy atom. The highest BCUT2D eigenvalue weighted by Crippen LogP contribution is 2.26. The maximum atomic E-state index is 13.1. The highest BCUT2D eigenvalue weighted by atomic mass is 35.5. The first kappa shape index (κ1) is 14.3. The molecule has 0 radical (unpaired) electrons. The summed E-state index contributed by atoms with van der Waals surface area (Å²) in [5.74, 6) is -0.780. The number of halogens is 2. The predicted octanol–water partition coefficient (Wildman–Crippen LogP) is 4.04. The zero-order valence-corrected chi connectivity index (χ0v) is 11.8. The minimum atomic E-state index is -0.715. The topological polar surface area (TPSA) is 62.8 Å². The normalized spacial score (nSPS) is 11.4. The summed E-state index contributed by atoms with van der Waals surface area (Å²) in [7, 11) is 0. The minimum absolute atomic E-state index is 0.0792. The fourth-order valence-electron chi connectivity index (χ4n) is 1.97. The molecule has 0 aliphatic carbocycles. The lowest BCUT2D eigenvalue weighted by Gasteiger charge is -2.02. The average Bonchev–Trinajstić information content (AvgIpc) is 2.50. The number of aromatic hydroxyl groups is 1. The maximum absolute atomic E-state index is 13.1. The Morgan fingerprint density at radius 2 is 2.00 bits per heavy atom. The van der Waals surface area contributed by atoms with Crippen LogP contribution in [0.3, 0.4) is 0 Å². The molecule has 4 nitrogen and oxygen atoms in total. The Bertz CT molecular complexity index is 950. The van der Waals surface area contributed by atoms with Crippen molar-refractivity contribution >= 4 is 34.5 Å². The molecule has 3 aromatic rings. The molecule has 2 aromatic carbocycles. The molecule has 0 fully saturated rings. The second-order valence-electron chi connectivity index (χ2n) is 4.50. The lowest BCUT2D eigenvalue weighted by atomic mass is 10.1. The van der Waals surface area contributed by atoms with E-state index < -0.39 is 11.4 Å². The Kier molecular flexibility index (Phi) is 3.65. The Balaban J connectivity index is 2.08. The number of rotatable bonds is 2. The molecule has 0 saturated heterocycles. The Hall–Kier alpha value is -2.66. The predicted molar refractivity (Wildman–Crippen MR) is 82.8 cm³/mol. The van der Waals surface area contributed by atoms with Crippen LogP contribution in [-0.4, -0.2) is 11.3 Å². The number of benzene rings is 2. The SMILES string of the molecule is O=c1oc2ccccc2c(O)c1C=Nc1ccc(F)c(Cl)c1. The summed E-state index contributed by atoms with van der Waals surface area (Å²) in [6.07, 6.45) is 1.16. The first-order chi connectivity index (χ1) is 10.6. The van der Waals surface area contributed by atoms with E-state index in [1.807, 2.05) is 0 Å². The number of hydrogen-bond acceptors (Lipinski definition) is 4. The first-order valence-electron chi connectivity index (χ1n) is 6.30. The van der Waals surface area contributed by atoms with Crippen LogP contribution in [0.15, 0.2) is 56.7 Å². The summed E-state index contributed by atoms with van der Waals surface area (Å²) in [5.41, 5.74) is -0.169. The molecular formula is C16H9ClFNO3. The summed E-state index contributed by atoms with van der Waals surface area (Å²) in [6, 6.07) is 10.5. The van der Waals surface area contributed by atoms with E-state index in [0.717, 1.165) is 12.3 Å². The van der Waals surface area contributed by atoms with E-state index in [0.29, 0.717) is 11.1 Å². The van der Waals surface area contributed by atoms with Gasteiger partial charge in [-0.2, -0.15) is 0 Å². The zero-order chi connectivity index (χ0) is 15.7. The highest BCUT2D eigenvalue weighted by Gasteiger charge is 2.11. The second-order valence-corrected chi connectivity index (χ2v) is 4.91. The molecule has 0 spiro atoms. The smallest absolute Gasteiger partial charge is 0.348 e. The van der Waals surface area contributed by atoms with E-state index in [-0.39, 0.29) is 21.9 Å².